The highest BCUT2D eigenvalue weighted by Gasteiger charge is 2.22. The van der Waals surface area contributed by atoms with Crippen molar-refractivity contribution in [1.29, 1.82) is 0 Å². The monoisotopic (exact) mass is 233 g/mol. The maximum absolute atomic E-state index is 5.31. The number of aryl methyl sites for hydroxylation is 1. The van der Waals surface area contributed by atoms with Crippen LogP contribution in [0.25, 0.3) is 11.6 Å². The Hall–Kier alpha value is -1.69. The minimum Gasteiger partial charge on any atom is -0.337 e. The molecule has 0 radical (unpaired) electrons. The lowest BCUT2D eigenvalue weighted by molar-refractivity contribution is 0.297. The summed E-state index contributed by atoms with van der Waals surface area (Å²) < 4.78 is 7.18. The molecule has 2 aromatic heterocycles. The van der Waals surface area contributed by atoms with Gasteiger partial charge in [0.05, 0.1) is 6.04 Å². The Kier molecular flexibility index (Phi) is 2.64. The molecule has 2 aromatic rings. The van der Waals surface area contributed by atoms with Crippen LogP contribution in [0.1, 0.15) is 31.2 Å². The van der Waals surface area contributed by atoms with E-state index in [1.807, 2.05) is 17.8 Å². The second-order valence-electron chi connectivity index (χ2n) is 4.32. The fourth-order valence-corrected chi connectivity index (χ4v) is 2.11. The lowest BCUT2D eigenvalue weighted by atomic mass is 10.1. The molecule has 1 aliphatic rings. The number of aromatic nitrogens is 4. The van der Waals surface area contributed by atoms with Crippen molar-refractivity contribution in [3.8, 4) is 11.6 Å². The molecule has 3 rings (SSSR count). The SMILES string of the molecule is Cn1ccnc1-c1noc(C2CCCCN2)n1. The molecule has 6 nitrogen and oxygen atoms in total. The summed E-state index contributed by atoms with van der Waals surface area (Å²) in [7, 11) is 1.91. The second-order valence-corrected chi connectivity index (χ2v) is 4.32. The van der Waals surface area contributed by atoms with Gasteiger partial charge in [0.15, 0.2) is 5.82 Å². The van der Waals surface area contributed by atoms with Crippen LogP contribution in [-0.4, -0.2) is 26.2 Å². The maximum Gasteiger partial charge on any atom is 0.244 e. The summed E-state index contributed by atoms with van der Waals surface area (Å²) in [6, 6.07) is 0.199. The normalized spacial score (nSPS) is 20.6. The molecule has 1 aliphatic heterocycles. The molecule has 0 amide bonds. The molecule has 1 unspecified atom stereocenters. The van der Waals surface area contributed by atoms with Gasteiger partial charge in [-0.15, -0.1) is 0 Å². The number of imidazole rings is 1. The minimum absolute atomic E-state index is 0.199. The Balaban J connectivity index is 1.85. The van der Waals surface area contributed by atoms with Crippen LogP contribution in [-0.2, 0) is 7.05 Å². The molecule has 1 saturated heterocycles. The molecule has 1 atom stereocenters. The van der Waals surface area contributed by atoms with Crippen LogP contribution in [0.15, 0.2) is 16.9 Å². The van der Waals surface area contributed by atoms with Gasteiger partial charge in [0.1, 0.15) is 0 Å². The minimum atomic E-state index is 0.199. The molecular formula is C11H15N5O. The zero-order valence-electron chi connectivity index (χ0n) is 9.76. The summed E-state index contributed by atoms with van der Waals surface area (Å²) in [6.07, 6.45) is 7.07. The highest BCUT2D eigenvalue weighted by molar-refractivity contribution is 5.42. The van der Waals surface area contributed by atoms with Gasteiger partial charge in [-0.1, -0.05) is 11.6 Å². The van der Waals surface area contributed by atoms with Crippen LogP contribution < -0.4 is 5.32 Å². The van der Waals surface area contributed by atoms with Crippen LogP contribution >= 0.6 is 0 Å². The van der Waals surface area contributed by atoms with E-state index in [9.17, 15) is 0 Å². The van der Waals surface area contributed by atoms with Crippen LogP contribution in [0.5, 0.6) is 0 Å². The lowest BCUT2D eigenvalue weighted by Gasteiger charge is -2.19. The van der Waals surface area contributed by atoms with Gasteiger partial charge < -0.3 is 14.4 Å². The van der Waals surface area contributed by atoms with Gasteiger partial charge in [0, 0.05) is 19.4 Å². The molecule has 1 fully saturated rings. The summed E-state index contributed by atoms with van der Waals surface area (Å²) in [6.45, 7) is 1.02. The van der Waals surface area contributed by atoms with E-state index in [1.165, 1.54) is 12.8 Å². The zero-order chi connectivity index (χ0) is 11.7. The van der Waals surface area contributed by atoms with E-state index < -0.39 is 0 Å². The van der Waals surface area contributed by atoms with Gasteiger partial charge in [-0.2, -0.15) is 4.98 Å². The van der Waals surface area contributed by atoms with E-state index in [4.69, 9.17) is 4.52 Å². The molecule has 0 spiro atoms. The lowest BCUT2D eigenvalue weighted by Crippen LogP contribution is -2.26. The first-order chi connectivity index (χ1) is 8.34. The zero-order valence-corrected chi connectivity index (χ0v) is 9.76. The summed E-state index contributed by atoms with van der Waals surface area (Å²) in [5, 5.41) is 7.37. The average Bonchev–Trinajstić information content (AvgIpc) is 2.98. The second kappa shape index (κ2) is 4.29. The van der Waals surface area contributed by atoms with Crippen molar-refractivity contribution < 1.29 is 4.52 Å². The fourth-order valence-electron chi connectivity index (χ4n) is 2.11. The summed E-state index contributed by atoms with van der Waals surface area (Å²) >= 11 is 0. The van der Waals surface area contributed by atoms with Gasteiger partial charge in [0.2, 0.25) is 11.7 Å². The number of nitrogens with zero attached hydrogens (tertiary/aromatic N) is 4. The Bertz CT molecular complexity index is 497. The number of rotatable bonds is 2. The van der Waals surface area contributed by atoms with E-state index in [2.05, 4.69) is 20.4 Å². The van der Waals surface area contributed by atoms with Crippen LogP contribution in [0.2, 0.25) is 0 Å². The van der Waals surface area contributed by atoms with E-state index in [0.29, 0.717) is 11.7 Å². The van der Waals surface area contributed by atoms with E-state index in [0.717, 1.165) is 18.8 Å². The van der Waals surface area contributed by atoms with Crippen LogP contribution in [0.4, 0.5) is 0 Å². The van der Waals surface area contributed by atoms with Crippen molar-refractivity contribution in [3.05, 3.63) is 18.3 Å². The molecule has 17 heavy (non-hydrogen) atoms. The summed E-state index contributed by atoms with van der Waals surface area (Å²) in [5.41, 5.74) is 0. The third kappa shape index (κ3) is 1.95. The van der Waals surface area contributed by atoms with E-state index in [1.54, 1.807) is 6.20 Å². The van der Waals surface area contributed by atoms with Crippen molar-refractivity contribution in [2.24, 2.45) is 7.05 Å². The summed E-state index contributed by atoms with van der Waals surface area (Å²) in [4.78, 5) is 8.62. The number of hydrogen-bond donors (Lipinski definition) is 1. The molecule has 0 bridgehead atoms. The van der Waals surface area contributed by atoms with E-state index in [-0.39, 0.29) is 6.04 Å². The van der Waals surface area contributed by atoms with Gasteiger partial charge in [0.25, 0.3) is 0 Å². The first kappa shape index (κ1) is 10.5. The molecule has 0 aromatic carbocycles. The first-order valence-electron chi connectivity index (χ1n) is 5.89. The largest absolute Gasteiger partial charge is 0.337 e. The topological polar surface area (TPSA) is 68.8 Å². The Morgan fingerprint density at radius 1 is 1.47 bits per heavy atom. The molecule has 3 heterocycles. The number of nitrogens with one attached hydrogen (secondary N) is 1. The standard InChI is InChI=1S/C11H15N5O/c1-16-7-6-13-10(16)9-14-11(17-15-9)8-4-2-3-5-12-8/h6-8,12H,2-5H2,1H3. The first-order valence-corrected chi connectivity index (χ1v) is 5.89. The smallest absolute Gasteiger partial charge is 0.244 e. The maximum atomic E-state index is 5.31. The van der Waals surface area contributed by atoms with Gasteiger partial charge in [-0.3, -0.25) is 0 Å². The predicted molar refractivity (Wildman–Crippen MR) is 61.1 cm³/mol. The summed E-state index contributed by atoms with van der Waals surface area (Å²) in [5.74, 6) is 1.96. The van der Waals surface area contributed by atoms with Gasteiger partial charge >= 0.3 is 0 Å². The molecule has 6 heteroatoms. The highest BCUT2D eigenvalue weighted by atomic mass is 16.5. The van der Waals surface area contributed by atoms with Crippen molar-refractivity contribution in [1.82, 2.24) is 25.0 Å². The fraction of sp³-hybridized carbons (Fsp3) is 0.545. The van der Waals surface area contributed by atoms with Crippen LogP contribution in [0.3, 0.4) is 0 Å². The van der Waals surface area contributed by atoms with Gasteiger partial charge in [-0.05, 0) is 19.4 Å². The molecule has 0 saturated carbocycles. The van der Waals surface area contributed by atoms with Gasteiger partial charge in [-0.25, -0.2) is 4.98 Å². The molecule has 1 N–H and O–H groups in total. The van der Waals surface area contributed by atoms with Crippen molar-refractivity contribution >= 4 is 0 Å². The van der Waals surface area contributed by atoms with Crippen LogP contribution in [0, 0.1) is 0 Å². The number of piperidine rings is 1. The average molecular weight is 233 g/mol. The third-order valence-electron chi connectivity index (χ3n) is 3.07. The number of hydrogen-bond acceptors (Lipinski definition) is 5. The molecule has 90 valence electrons. The third-order valence-corrected chi connectivity index (χ3v) is 3.07. The Morgan fingerprint density at radius 3 is 3.12 bits per heavy atom. The predicted octanol–water partition coefficient (Wildman–Crippen LogP) is 1.28. The van der Waals surface area contributed by atoms with E-state index >= 15 is 0 Å². The van der Waals surface area contributed by atoms with Crippen molar-refractivity contribution in [3.63, 3.8) is 0 Å². The molecular weight excluding hydrogens is 218 g/mol. The quantitative estimate of drug-likeness (QED) is 0.846. The Labute approximate surface area is 99.0 Å². The van der Waals surface area contributed by atoms with Crippen molar-refractivity contribution in [2.45, 2.75) is 25.3 Å². The highest BCUT2D eigenvalue weighted by Crippen LogP contribution is 2.23. The molecule has 0 aliphatic carbocycles. The van der Waals surface area contributed by atoms with Crippen molar-refractivity contribution in [2.75, 3.05) is 6.54 Å². The Morgan fingerprint density at radius 2 is 2.41 bits per heavy atom.